The fourth-order valence-corrected chi connectivity index (χ4v) is 3.18. The Morgan fingerprint density at radius 3 is 2.31 bits per heavy atom. The molecule has 2 atom stereocenters. The van der Waals surface area contributed by atoms with E-state index in [0.717, 1.165) is 6.42 Å². The smallest absolute Gasteiger partial charge is 0.377 e. The Hall–Kier alpha value is 0.0600. The van der Waals surface area contributed by atoms with Crippen LogP contribution in [0.1, 0.15) is 40.0 Å². The minimum absolute atomic E-state index is 0.00938. The van der Waals surface area contributed by atoms with Crippen molar-refractivity contribution in [3.63, 3.8) is 0 Å². The van der Waals surface area contributed by atoms with Crippen LogP contribution >= 0.6 is 22.6 Å². The van der Waals surface area contributed by atoms with Crippen molar-refractivity contribution >= 4 is 28.6 Å². The minimum atomic E-state index is -3.37. The van der Waals surface area contributed by atoms with Gasteiger partial charge in [-0.1, -0.05) is 42.9 Å². The molecule has 0 N–H and O–H groups in total. The second-order valence-electron chi connectivity index (χ2n) is 3.66. The van der Waals surface area contributed by atoms with Crippen molar-refractivity contribution in [2.45, 2.75) is 49.9 Å². The highest BCUT2D eigenvalue weighted by Crippen LogP contribution is 2.36. The van der Waals surface area contributed by atoms with Gasteiger partial charge in [0.05, 0.1) is 6.61 Å². The number of ether oxygens (including phenoxy) is 1. The summed E-state index contributed by atoms with van der Waals surface area (Å²) in [4.78, 5) is 11.2. The van der Waals surface area contributed by atoms with Crippen LogP contribution in [0.3, 0.4) is 0 Å². The van der Waals surface area contributed by atoms with E-state index in [9.17, 15) is 13.6 Å². The molecule has 0 aliphatic rings. The predicted octanol–water partition coefficient (Wildman–Crippen LogP) is 3.81. The first-order valence-electron chi connectivity index (χ1n) is 5.60. The Balaban J connectivity index is 4.71. The molecule has 0 spiro atoms. The van der Waals surface area contributed by atoms with Crippen molar-refractivity contribution in [3.05, 3.63) is 0 Å². The van der Waals surface area contributed by atoms with Crippen LogP contribution in [0.4, 0.5) is 8.78 Å². The average Bonchev–Trinajstić information content (AvgIpc) is 2.19. The molecule has 0 aliphatic heterocycles. The second kappa shape index (κ2) is 7.40. The summed E-state index contributed by atoms with van der Waals surface area (Å²) < 4.78 is 31.8. The summed E-state index contributed by atoms with van der Waals surface area (Å²) in [5.41, 5.74) is 0. The maximum atomic E-state index is 13.8. The molecule has 2 unspecified atom stereocenters. The van der Waals surface area contributed by atoms with Crippen LogP contribution in [0.25, 0.3) is 0 Å². The maximum absolute atomic E-state index is 13.8. The summed E-state index contributed by atoms with van der Waals surface area (Å²) >= 11 is 2.00. The summed E-state index contributed by atoms with van der Waals surface area (Å²) in [6.45, 7) is 5.15. The molecule has 16 heavy (non-hydrogen) atoms. The molecule has 0 aromatic carbocycles. The zero-order chi connectivity index (χ0) is 12.8. The van der Waals surface area contributed by atoms with Gasteiger partial charge in [0.2, 0.25) is 0 Å². The van der Waals surface area contributed by atoms with Crippen LogP contribution in [0.15, 0.2) is 0 Å². The summed E-state index contributed by atoms with van der Waals surface area (Å²) in [6, 6.07) is 0. The van der Waals surface area contributed by atoms with Crippen LogP contribution in [0.2, 0.25) is 0 Å². The third-order valence-electron chi connectivity index (χ3n) is 2.45. The van der Waals surface area contributed by atoms with E-state index in [1.165, 1.54) is 6.92 Å². The van der Waals surface area contributed by atoms with E-state index < -0.39 is 17.8 Å². The molecule has 0 saturated heterocycles. The molecule has 0 aliphatic carbocycles. The van der Waals surface area contributed by atoms with Gasteiger partial charge in [0.1, 0.15) is 0 Å². The van der Waals surface area contributed by atoms with Crippen molar-refractivity contribution in [3.8, 4) is 0 Å². The quantitative estimate of drug-likeness (QED) is 0.397. The van der Waals surface area contributed by atoms with Gasteiger partial charge < -0.3 is 4.74 Å². The van der Waals surface area contributed by atoms with Gasteiger partial charge in [-0.25, -0.2) is 4.79 Å². The minimum Gasteiger partial charge on any atom is -0.462 e. The predicted molar refractivity (Wildman–Crippen MR) is 68.1 cm³/mol. The molecule has 0 aromatic rings. The van der Waals surface area contributed by atoms with Gasteiger partial charge in [-0.15, -0.1) is 0 Å². The highest BCUT2D eigenvalue weighted by molar-refractivity contribution is 14.1. The van der Waals surface area contributed by atoms with Crippen LogP contribution in [0, 0.1) is 5.92 Å². The Bertz CT molecular complexity index is 222. The Kier molecular flexibility index (Phi) is 7.43. The lowest BCUT2D eigenvalue weighted by atomic mass is 9.92. The number of carbonyl (C=O) groups excluding carboxylic acids is 1. The van der Waals surface area contributed by atoms with E-state index in [-0.39, 0.29) is 17.0 Å². The van der Waals surface area contributed by atoms with Crippen molar-refractivity contribution in [1.82, 2.24) is 0 Å². The first-order valence-corrected chi connectivity index (χ1v) is 6.85. The molecule has 0 fully saturated rings. The molecule has 5 heteroatoms. The van der Waals surface area contributed by atoms with Crippen molar-refractivity contribution in [2.75, 3.05) is 6.61 Å². The zero-order valence-corrected chi connectivity index (χ0v) is 12.1. The first-order chi connectivity index (χ1) is 7.41. The lowest BCUT2D eigenvalue weighted by Crippen LogP contribution is -2.42. The van der Waals surface area contributed by atoms with Crippen LogP contribution in [-0.4, -0.2) is 22.4 Å². The molecule has 0 heterocycles. The maximum Gasteiger partial charge on any atom is 0.377 e. The van der Waals surface area contributed by atoms with Crippen LogP contribution < -0.4 is 0 Å². The van der Waals surface area contributed by atoms with Gasteiger partial charge >= 0.3 is 11.9 Å². The second-order valence-corrected chi connectivity index (χ2v) is 5.26. The lowest BCUT2D eigenvalue weighted by molar-refractivity contribution is -0.180. The zero-order valence-electron chi connectivity index (χ0n) is 9.93. The fourth-order valence-electron chi connectivity index (χ4n) is 1.59. The fraction of sp³-hybridized carbons (Fsp3) is 0.909. The molecular weight excluding hydrogens is 329 g/mol. The number of halogens is 3. The van der Waals surface area contributed by atoms with Gasteiger partial charge in [-0.05, 0) is 19.8 Å². The topological polar surface area (TPSA) is 26.3 Å². The standard InChI is InChI=1S/C11H19F2IO2/c1-4-7-9(14)8(5-2)11(12,13)10(15)16-6-3/h8-9H,4-7H2,1-3H3. The SMILES string of the molecule is CCCC(I)C(CC)C(F)(F)C(=O)OCC. The number of alkyl halides is 3. The largest absolute Gasteiger partial charge is 0.462 e. The van der Waals surface area contributed by atoms with E-state index >= 15 is 0 Å². The molecule has 0 amide bonds. The number of esters is 1. The molecule has 0 radical (unpaired) electrons. The Morgan fingerprint density at radius 2 is 1.94 bits per heavy atom. The molecular formula is C11H19F2IO2. The van der Waals surface area contributed by atoms with Gasteiger partial charge in [0, 0.05) is 9.84 Å². The van der Waals surface area contributed by atoms with Gasteiger partial charge in [0.25, 0.3) is 0 Å². The lowest BCUT2D eigenvalue weighted by Gasteiger charge is -2.27. The van der Waals surface area contributed by atoms with E-state index in [4.69, 9.17) is 0 Å². The Labute approximate surface area is 109 Å². The normalized spacial score (nSPS) is 15.6. The molecule has 0 aromatic heterocycles. The highest BCUT2D eigenvalue weighted by Gasteiger charge is 2.50. The molecule has 0 rings (SSSR count). The molecule has 0 saturated carbocycles. The summed E-state index contributed by atoms with van der Waals surface area (Å²) in [5, 5.41) is 0. The van der Waals surface area contributed by atoms with E-state index in [1.807, 2.05) is 29.5 Å². The Morgan fingerprint density at radius 1 is 1.38 bits per heavy atom. The van der Waals surface area contributed by atoms with Gasteiger partial charge in [0.15, 0.2) is 0 Å². The van der Waals surface area contributed by atoms with Crippen molar-refractivity contribution in [1.29, 1.82) is 0 Å². The van der Waals surface area contributed by atoms with E-state index in [2.05, 4.69) is 4.74 Å². The van der Waals surface area contributed by atoms with Gasteiger partial charge in [-0.2, -0.15) is 8.78 Å². The van der Waals surface area contributed by atoms with Crippen LogP contribution in [-0.2, 0) is 9.53 Å². The van der Waals surface area contributed by atoms with Gasteiger partial charge in [-0.3, -0.25) is 0 Å². The highest BCUT2D eigenvalue weighted by atomic mass is 127. The van der Waals surface area contributed by atoms with Crippen molar-refractivity contribution in [2.24, 2.45) is 5.92 Å². The van der Waals surface area contributed by atoms with E-state index in [1.54, 1.807) is 6.92 Å². The number of carbonyl (C=O) groups is 1. The van der Waals surface area contributed by atoms with Crippen LogP contribution in [0.5, 0.6) is 0 Å². The van der Waals surface area contributed by atoms with E-state index in [0.29, 0.717) is 6.42 Å². The monoisotopic (exact) mass is 348 g/mol. The average molecular weight is 348 g/mol. The summed E-state index contributed by atoms with van der Waals surface area (Å²) in [6.07, 6.45) is 1.80. The molecule has 96 valence electrons. The summed E-state index contributed by atoms with van der Waals surface area (Å²) in [7, 11) is 0. The summed E-state index contributed by atoms with van der Waals surface area (Å²) in [5.74, 6) is -5.70. The third-order valence-corrected chi connectivity index (χ3v) is 3.95. The number of rotatable bonds is 7. The van der Waals surface area contributed by atoms with Crippen molar-refractivity contribution < 1.29 is 18.3 Å². The number of hydrogen-bond acceptors (Lipinski definition) is 2. The molecule has 2 nitrogen and oxygen atoms in total. The molecule has 0 bridgehead atoms. The number of hydrogen-bond donors (Lipinski definition) is 0. The third kappa shape index (κ3) is 4.14. The first kappa shape index (κ1) is 16.1.